The molecule has 1 aliphatic carbocycles. The lowest BCUT2D eigenvalue weighted by Gasteiger charge is -2.29. The molecule has 4 atom stereocenters. The van der Waals surface area contributed by atoms with Gasteiger partial charge in [-0.15, -0.1) is 0 Å². The summed E-state index contributed by atoms with van der Waals surface area (Å²) in [6.45, 7) is 1.79. The van der Waals surface area contributed by atoms with E-state index in [2.05, 4.69) is 10.6 Å². The van der Waals surface area contributed by atoms with Crippen molar-refractivity contribution in [1.29, 1.82) is 0 Å². The van der Waals surface area contributed by atoms with Crippen molar-refractivity contribution in [2.75, 3.05) is 24.6 Å². The molecule has 1 saturated carbocycles. The molecule has 2 heterocycles. The third-order valence-electron chi connectivity index (χ3n) is 5.20. The van der Waals surface area contributed by atoms with Crippen molar-refractivity contribution in [2.45, 2.75) is 57.0 Å². The maximum absolute atomic E-state index is 12.5. The highest BCUT2D eigenvalue weighted by molar-refractivity contribution is 7.85. The summed E-state index contributed by atoms with van der Waals surface area (Å²) in [5.74, 6) is 1.59. The molecule has 3 rings (SSSR count). The summed E-state index contributed by atoms with van der Waals surface area (Å²) in [5, 5.41) is 5.89. The first-order valence-corrected chi connectivity index (χ1v) is 10.3. The first kappa shape index (κ1) is 16.7. The second-order valence-corrected chi connectivity index (χ2v) is 8.63. The van der Waals surface area contributed by atoms with Crippen LogP contribution in [0.1, 0.15) is 44.9 Å². The third-order valence-corrected chi connectivity index (χ3v) is 6.67. The van der Waals surface area contributed by atoms with Crippen molar-refractivity contribution in [1.82, 2.24) is 15.5 Å². The molecular weight excluding hydrogens is 314 g/mol. The van der Waals surface area contributed by atoms with Crippen molar-refractivity contribution in [3.63, 3.8) is 0 Å². The Morgan fingerprint density at radius 2 is 1.70 bits per heavy atom. The molecule has 130 valence electrons. The number of nitrogens with one attached hydrogen (secondary N) is 2. The Hall–Kier alpha value is -1.11. The first-order chi connectivity index (χ1) is 11.1. The lowest BCUT2D eigenvalue weighted by Crippen LogP contribution is -2.46. The lowest BCUT2D eigenvalue weighted by atomic mass is 10.0. The minimum Gasteiger partial charge on any atom is -0.342 e. The van der Waals surface area contributed by atoms with Gasteiger partial charge in [-0.05, 0) is 44.9 Å². The van der Waals surface area contributed by atoms with Gasteiger partial charge in [0, 0.05) is 53.4 Å². The van der Waals surface area contributed by atoms with Crippen LogP contribution in [0, 0.1) is 5.92 Å². The molecule has 0 radical (unpaired) electrons. The first-order valence-electron chi connectivity index (χ1n) is 8.82. The van der Waals surface area contributed by atoms with Gasteiger partial charge in [0.2, 0.25) is 5.91 Å². The molecule has 2 aliphatic heterocycles. The molecule has 0 spiro atoms. The molecule has 0 unspecified atom stereocenters. The Morgan fingerprint density at radius 3 is 2.39 bits per heavy atom. The Bertz CT molecular complexity index is 479. The minimum absolute atomic E-state index is 0.0306. The van der Waals surface area contributed by atoms with Gasteiger partial charge in [-0.25, -0.2) is 4.79 Å². The molecular formula is C16H27N3O3S. The van der Waals surface area contributed by atoms with E-state index in [9.17, 15) is 13.8 Å². The number of carbonyl (C=O) groups is 2. The lowest BCUT2D eigenvalue weighted by molar-refractivity contribution is -0.136. The quantitative estimate of drug-likeness (QED) is 0.803. The van der Waals surface area contributed by atoms with Gasteiger partial charge < -0.3 is 15.5 Å². The second-order valence-electron chi connectivity index (χ2n) is 7.01. The molecule has 6 nitrogen and oxygen atoms in total. The van der Waals surface area contributed by atoms with Gasteiger partial charge in [-0.3, -0.25) is 9.00 Å². The summed E-state index contributed by atoms with van der Waals surface area (Å²) < 4.78 is 11.3. The molecule has 7 heteroatoms. The van der Waals surface area contributed by atoms with Gasteiger partial charge >= 0.3 is 6.03 Å². The number of hydrogen-bond acceptors (Lipinski definition) is 3. The average Bonchev–Trinajstić information content (AvgIpc) is 3.16. The molecule has 3 amide bonds. The second kappa shape index (κ2) is 7.64. The number of carbonyl (C=O) groups excluding carboxylic acids is 2. The number of piperidine rings is 1. The number of nitrogens with zero attached hydrogens (tertiary/aromatic N) is 1. The fourth-order valence-electron chi connectivity index (χ4n) is 3.90. The molecule has 2 saturated heterocycles. The highest BCUT2D eigenvalue weighted by Gasteiger charge is 2.34. The van der Waals surface area contributed by atoms with Crippen molar-refractivity contribution < 1.29 is 13.8 Å². The van der Waals surface area contributed by atoms with E-state index in [-0.39, 0.29) is 29.9 Å². The standard InChI is InChI=1S/C16H27N3O3S/c20-15(19-7-2-1-3-8-19)12-4-5-13(10-12)17-16(21)18-14-6-9-23(22)11-14/h12-14H,1-11H2,(H2,17,18,21)/t12-,13+,14-,23+/m1/s1. The minimum atomic E-state index is -0.781. The van der Waals surface area contributed by atoms with Crippen LogP contribution in [0.5, 0.6) is 0 Å². The number of rotatable bonds is 3. The summed E-state index contributed by atoms with van der Waals surface area (Å²) >= 11 is 0. The predicted octanol–water partition coefficient (Wildman–Crippen LogP) is 0.988. The van der Waals surface area contributed by atoms with Crippen LogP contribution in [0.25, 0.3) is 0 Å². The van der Waals surface area contributed by atoms with E-state index >= 15 is 0 Å². The fourth-order valence-corrected chi connectivity index (χ4v) is 5.31. The Morgan fingerprint density at radius 1 is 0.957 bits per heavy atom. The van der Waals surface area contributed by atoms with Gasteiger partial charge in [0.25, 0.3) is 0 Å². The topological polar surface area (TPSA) is 78.5 Å². The van der Waals surface area contributed by atoms with E-state index in [1.54, 1.807) is 0 Å². The molecule has 0 aromatic heterocycles. The summed E-state index contributed by atoms with van der Waals surface area (Å²) in [6, 6.07) is -0.0615. The maximum atomic E-state index is 12.5. The van der Waals surface area contributed by atoms with Crippen molar-refractivity contribution in [2.24, 2.45) is 5.92 Å². The molecule has 0 bridgehead atoms. The van der Waals surface area contributed by atoms with Crippen molar-refractivity contribution >= 4 is 22.7 Å². The highest BCUT2D eigenvalue weighted by Crippen LogP contribution is 2.28. The highest BCUT2D eigenvalue weighted by atomic mass is 32.2. The zero-order valence-electron chi connectivity index (χ0n) is 13.6. The van der Waals surface area contributed by atoms with Gasteiger partial charge in [0.15, 0.2) is 0 Å². The summed E-state index contributed by atoms with van der Waals surface area (Å²) in [4.78, 5) is 26.5. The molecule has 2 N–H and O–H groups in total. The predicted molar refractivity (Wildman–Crippen MR) is 89.5 cm³/mol. The van der Waals surface area contributed by atoms with Crippen LogP contribution in [0.3, 0.4) is 0 Å². The number of hydrogen-bond donors (Lipinski definition) is 2. The van der Waals surface area contributed by atoms with E-state index in [4.69, 9.17) is 0 Å². The SMILES string of the molecule is O=C(N[C@@H]1CC[S@](=O)C1)N[C@H]1CC[C@@H](C(=O)N2CCCCC2)C1. The molecule has 0 aromatic carbocycles. The van der Waals surface area contributed by atoms with Gasteiger partial charge in [-0.1, -0.05) is 0 Å². The largest absolute Gasteiger partial charge is 0.342 e. The number of urea groups is 1. The van der Waals surface area contributed by atoms with Crippen LogP contribution >= 0.6 is 0 Å². The average molecular weight is 341 g/mol. The van der Waals surface area contributed by atoms with Gasteiger partial charge in [-0.2, -0.15) is 0 Å². The monoisotopic (exact) mass is 341 g/mol. The van der Waals surface area contributed by atoms with E-state index in [0.29, 0.717) is 11.5 Å². The fraction of sp³-hybridized carbons (Fsp3) is 0.875. The van der Waals surface area contributed by atoms with Gasteiger partial charge in [0.1, 0.15) is 0 Å². The normalized spacial score (nSPS) is 34.3. The Kier molecular flexibility index (Phi) is 5.56. The van der Waals surface area contributed by atoms with Crippen LogP contribution in [0.4, 0.5) is 4.79 Å². The van der Waals surface area contributed by atoms with Crippen LogP contribution in [0.15, 0.2) is 0 Å². The molecule has 23 heavy (non-hydrogen) atoms. The van der Waals surface area contributed by atoms with Crippen molar-refractivity contribution in [3.8, 4) is 0 Å². The molecule has 3 fully saturated rings. The Balaban J connectivity index is 1.41. The summed E-state index contributed by atoms with van der Waals surface area (Å²) in [7, 11) is -0.781. The maximum Gasteiger partial charge on any atom is 0.315 e. The van der Waals surface area contributed by atoms with Crippen LogP contribution in [-0.2, 0) is 15.6 Å². The van der Waals surface area contributed by atoms with E-state index < -0.39 is 10.8 Å². The van der Waals surface area contributed by atoms with Crippen LogP contribution in [-0.4, -0.2) is 57.7 Å². The third kappa shape index (κ3) is 4.46. The van der Waals surface area contributed by atoms with Crippen LogP contribution in [0.2, 0.25) is 0 Å². The van der Waals surface area contributed by atoms with E-state index in [1.807, 2.05) is 4.90 Å². The smallest absolute Gasteiger partial charge is 0.315 e. The van der Waals surface area contributed by atoms with Crippen molar-refractivity contribution in [3.05, 3.63) is 0 Å². The summed E-state index contributed by atoms with van der Waals surface area (Å²) in [5.41, 5.74) is 0. The number of amides is 3. The number of likely N-dealkylation sites (tertiary alicyclic amines) is 1. The Labute approximate surface area is 140 Å². The van der Waals surface area contributed by atoms with Gasteiger partial charge in [0.05, 0.1) is 0 Å². The molecule has 0 aromatic rings. The zero-order chi connectivity index (χ0) is 16.2. The van der Waals surface area contributed by atoms with E-state index in [0.717, 1.165) is 51.6 Å². The summed E-state index contributed by atoms with van der Waals surface area (Å²) in [6.07, 6.45) is 6.74. The van der Waals surface area contributed by atoms with Crippen LogP contribution < -0.4 is 10.6 Å². The molecule has 3 aliphatic rings. The van der Waals surface area contributed by atoms with E-state index in [1.165, 1.54) is 6.42 Å². The zero-order valence-corrected chi connectivity index (χ0v) is 14.4.